The summed E-state index contributed by atoms with van der Waals surface area (Å²) >= 11 is 3.13. The van der Waals surface area contributed by atoms with Gasteiger partial charge in [0.05, 0.1) is 11.3 Å². The monoisotopic (exact) mass is 330 g/mol. The van der Waals surface area contributed by atoms with E-state index < -0.39 is 5.97 Å². The van der Waals surface area contributed by atoms with Gasteiger partial charge in [0.15, 0.2) is 5.78 Å². The zero-order valence-electron chi connectivity index (χ0n) is 12.0. The van der Waals surface area contributed by atoms with Crippen LogP contribution < -0.4 is 0 Å². The topological polar surface area (TPSA) is 54.4 Å². The quantitative estimate of drug-likeness (QED) is 0.671. The molecule has 0 fully saturated rings. The largest absolute Gasteiger partial charge is 0.481 e. The minimum absolute atomic E-state index is 0.0547. The molecule has 0 radical (unpaired) electrons. The molecule has 3 nitrogen and oxygen atoms in total. The van der Waals surface area contributed by atoms with Gasteiger partial charge in [0, 0.05) is 26.9 Å². The van der Waals surface area contributed by atoms with E-state index in [2.05, 4.69) is 17.5 Å². The van der Waals surface area contributed by atoms with Gasteiger partial charge in [0.2, 0.25) is 0 Å². The molecule has 2 heterocycles. The number of ketones is 1. The van der Waals surface area contributed by atoms with E-state index >= 15 is 0 Å². The van der Waals surface area contributed by atoms with Gasteiger partial charge in [-0.15, -0.1) is 22.7 Å². The molecule has 5 heteroatoms. The molecule has 0 bridgehead atoms. The van der Waals surface area contributed by atoms with E-state index in [-0.39, 0.29) is 18.6 Å². The third-order valence-corrected chi connectivity index (χ3v) is 5.58. The Morgan fingerprint density at radius 1 is 1.14 bits per heavy atom. The Labute approximate surface area is 135 Å². The fourth-order valence-electron chi connectivity index (χ4n) is 2.42. The number of aliphatic carboxylic acids is 1. The van der Waals surface area contributed by atoms with Gasteiger partial charge in [-0.05, 0) is 30.0 Å². The van der Waals surface area contributed by atoms with E-state index in [0.29, 0.717) is 4.88 Å². The number of benzene rings is 1. The highest BCUT2D eigenvalue weighted by atomic mass is 32.1. The lowest BCUT2D eigenvalue weighted by Crippen LogP contribution is -2.01. The molecule has 0 saturated heterocycles. The average Bonchev–Trinajstić information content (AvgIpc) is 3.08. The Kier molecular flexibility index (Phi) is 4.09. The van der Waals surface area contributed by atoms with E-state index in [0.717, 1.165) is 16.0 Å². The lowest BCUT2D eigenvalue weighted by molar-refractivity contribution is -0.136. The van der Waals surface area contributed by atoms with Crippen LogP contribution in [0.15, 0.2) is 35.7 Å². The highest BCUT2D eigenvalue weighted by Crippen LogP contribution is 2.38. The zero-order valence-corrected chi connectivity index (χ0v) is 13.6. The number of hydrogen-bond donors (Lipinski definition) is 1. The summed E-state index contributed by atoms with van der Waals surface area (Å²) in [6, 6.07) is 10.1. The molecule has 0 aliphatic rings. The van der Waals surface area contributed by atoms with Gasteiger partial charge in [0.25, 0.3) is 0 Å². The van der Waals surface area contributed by atoms with Crippen molar-refractivity contribution in [1.82, 2.24) is 0 Å². The summed E-state index contributed by atoms with van der Waals surface area (Å²) in [6.07, 6.45) is -0.0639. The number of carboxylic acid groups (broad SMARTS) is 1. The van der Waals surface area contributed by atoms with Crippen LogP contribution in [-0.2, 0) is 4.79 Å². The van der Waals surface area contributed by atoms with E-state index in [9.17, 15) is 9.59 Å². The van der Waals surface area contributed by atoms with E-state index in [1.54, 1.807) is 11.3 Å². The first kappa shape index (κ1) is 14.9. The molecule has 3 rings (SSSR count). The number of carbonyl (C=O) groups excluding carboxylic acids is 1. The summed E-state index contributed by atoms with van der Waals surface area (Å²) in [7, 11) is 0. The Morgan fingerprint density at radius 2 is 1.91 bits per heavy atom. The highest BCUT2D eigenvalue weighted by molar-refractivity contribution is 7.18. The standard InChI is InChI=1S/C17H14O3S2/c1-10-12(8-16(22-10)14(18)6-7-17(19)20)13-9-21-15-5-3-2-4-11(13)15/h2-5,8-9H,6-7H2,1H3,(H,19,20). The number of carbonyl (C=O) groups is 2. The van der Waals surface area contributed by atoms with Crippen molar-refractivity contribution in [2.75, 3.05) is 0 Å². The molecule has 3 aromatic rings. The first-order chi connectivity index (χ1) is 10.6. The van der Waals surface area contributed by atoms with Crippen LogP contribution in [0.3, 0.4) is 0 Å². The summed E-state index contributed by atoms with van der Waals surface area (Å²) in [5.74, 6) is -1.04. The Balaban J connectivity index is 1.96. The number of aryl methyl sites for hydroxylation is 1. The molecule has 0 aliphatic carbocycles. The Bertz CT molecular complexity index is 858. The molecule has 0 unspecified atom stereocenters. The van der Waals surface area contributed by atoms with Gasteiger partial charge in [0.1, 0.15) is 0 Å². The minimum atomic E-state index is -0.939. The number of carboxylic acids is 1. The van der Waals surface area contributed by atoms with Crippen LogP contribution in [0.1, 0.15) is 27.4 Å². The lowest BCUT2D eigenvalue weighted by Gasteiger charge is -1.97. The van der Waals surface area contributed by atoms with Crippen molar-refractivity contribution in [2.24, 2.45) is 0 Å². The molecular weight excluding hydrogens is 316 g/mol. The Hall–Kier alpha value is -1.98. The first-order valence-electron chi connectivity index (χ1n) is 6.88. The highest BCUT2D eigenvalue weighted by Gasteiger charge is 2.16. The second kappa shape index (κ2) is 6.02. The molecular formula is C17H14O3S2. The summed E-state index contributed by atoms with van der Waals surface area (Å²) in [5, 5.41) is 12.0. The maximum Gasteiger partial charge on any atom is 0.303 e. The van der Waals surface area contributed by atoms with Gasteiger partial charge >= 0.3 is 5.97 Å². The van der Waals surface area contributed by atoms with Crippen molar-refractivity contribution in [3.8, 4) is 11.1 Å². The van der Waals surface area contributed by atoms with Gasteiger partial charge in [-0.3, -0.25) is 9.59 Å². The molecule has 22 heavy (non-hydrogen) atoms. The van der Waals surface area contributed by atoms with Crippen LogP contribution in [0, 0.1) is 6.92 Å². The third kappa shape index (κ3) is 2.82. The molecule has 112 valence electrons. The molecule has 0 aliphatic heterocycles. The second-order valence-electron chi connectivity index (χ2n) is 5.04. The molecule has 1 aromatic carbocycles. The summed E-state index contributed by atoms with van der Waals surface area (Å²) in [5.41, 5.74) is 2.22. The van der Waals surface area contributed by atoms with Crippen LogP contribution in [0.5, 0.6) is 0 Å². The van der Waals surface area contributed by atoms with Crippen molar-refractivity contribution in [3.63, 3.8) is 0 Å². The SMILES string of the molecule is Cc1sc(C(=O)CCC(=O)O)cc1-c1csc2ccccc12. The smallest absolute Gasteiger partial charge is 0.303 e. The van der Waals surface area contributed by atoms with Crippen molar-refractivity contribution in [3.05, 3.63) is 45.5 Å². The summed E-state index contributed by atoms with van der Waals surface area (Å²) in [6.45, 7) is 2.00. The van der Waals surface area contributed by atoms with Crippen molar-refractivity contribution < 1.29 is 14.7 Å². The third-order valence-electron chi connectivity index (χ3n) is 3.53. The predicted molar refractivity (Wildman–Crippen MR) is 91.1 cm³/mol. The van der Waals surface area contributed by atoms with Crippen LogP contribution in [0.4, 0.5) is 0 Å². The maximum atomic E-state index is 12.1. The van der Waals surface area contributed by atoms with Gasteiger partial charge in [-0.25, -0.2) is 0 Å². The molecule has 0 atom stereocenters. The van der Waals surface area contributed by atoms with Crippen molar-refractivity contribution in [1.29, 1.82) is 0 Å². The van der Waals surface area contributed by atoms with E-state index in [1.165, 1.54) is 21.4 Å². The average molecular weight is 330 g/mol. The molecule has 2 aromatic heterocycles. The summed E-state index contributed by atoms with van der Waals surface area (Å²) < 4.78 is 1.22. The lowest BCUT2D eigenvalue weighted by atomic mass is 10.0. The van der Waals surface area contributed by atoms with Crippen LogP contribution in [0.2, 0.25) is 0 Å². The summed E-state index contributed by atoms with van der Waals surface area (Å²) in [4.78, 5) is 24.4. The van der Waals surface area contributed by atoms with Crippen LogP contribution >= 0.6 is 22.7 Å². The van der Waals surface area contributed by atoms with Crippen molar-refractivity contribution in [2.45, 2.75) is 19.8 Å². The van der Waals surface area contributed by atoms with E-state index in [4.69, 9.17) is 5.11 Å². The van der Waals surface area contributed by atoms with Gasteiger partial charge < -0.3 is 5.11 Å². The fraction of sp³-hybridized carbons (Fsp3) is 0.176. The van der Waals surface area contributed by atoms with Crippen LogP contribution in [0.25, 0.3) is 21.2 Å². The van der Waals surface area contributed by atoms with E-state index in [1.807, 2.05) is 25.1 Å². The number of thiophene rings is 2. The fourth-order valence-corrected chi connectivity index (χ4v) is 4.38. The normalized spacial score (nSPS) is 11.0. The molecule has 1 N–H and O–H groups in total. The molecule has 0 spiro atoms. The number of rotatable bonds is 5. The number of Topliss-reactive ketones (excluding diaryl/α,β-unsaturated/α-hetero) is 1. The van der Waals surface area contributed by atoms with Gasteiger partial charge in [-0.1, -0.05) is 18.2 Å². The molecule has 0 saturated carbocycles. The first-order valence-corrected chi connectivity index (χ1v) is 8.58. The maximum absolute atomic E-state index is 12.1. The van der Waals surface area contributed by atoms with Crippen LogP contribution in [-0.4, -0.2) is 16.9 Å². The second-order valence-corrected chi connectivity index (χ2v) is 7.21. The predicted octanol–water partition coefficient (Wildman–Crippen LogP) is 4.99. The number of hydrogen-bond acceptors (Lipinski definition) is 4. The van der Waals surface area contributed by atoms with Crippen molar-refractivity contribution >= 4 is 44.5 Å². The number of fused-ring (bicyclic) bond motifs is 1. The zero-order chi connectivity index (χ0) is 15.7. The molecule has 0 amide bonds. The van der Waals surface area contributed by atoms with Gasteiger partial charge in [-0.2, -0.15) is 0 Å². The minimum Gasteiger partial charge on any atom is -0.481 e. The Morgan fingerprint density at radius 3 is 2.68 bits per heavy atom.